The molecule has 1 saturated heterocycles. The van der Waals surface area contributed by atoms with Gasteiger partial charge in [0, 0.05) is 48.9 Å². The normalized spacial score (nSPS) is 19.2. The maximum absolute atomic E-state index is 13.8. The predicted molar refractivity (Wildman–Crippen MR) is 84.5 cm³/mol. The van der Waals surface area contributed by atoms with Crippen LogP contribution >= 0.6 is 0 Å². The van der Waals surface area contributed by atoms with E-state index in [1.54, 1.807) is 0 Å². The number of ether oxygens (including phenoxy) is 1. The number of nitrogens with zero attached hydrogens (tertiary/aromatic N) is 2. The summed E-state index contributed by atoms with van der Waals surface area (Å²) in [4.78, 5) is 20.1. The summed E-state index contributed by atoms with van der Waals surface area (Å²) < 4.78 is 32.5. The fraction of sp³-hybridized carbons (Fsp3) is 0.412. The zero-order chi connectivity index (χ0) is 16.9. The first-order valence-corrected chi connectivity index (χ1v) is 7.88. The summed E-state index contributed by atoms with van der Waals surface area (Å²) in [6.07, 6.45) is 2.01. The molecule has 0 amide bonds. The highest BCUT2D eigenvalue weighted by atomic mass is 19.1. The Morgan fingerprint density at radius 2 is 2.21 bits per heavy atom. The van der Waals surface area contributed by atoms with Crippen molar-refractivity contribution in [3.8, 4) is 0 Å². The summed E-state index contributed by atoms with van der Waals surface area (Å²) in [6, 6.07) is 5.13. The summed E-state index contributed by atoms with van der Waals surface area (Å²) in [5.41, 5.74) is 0.994. The highest BCUT2D eigenvalue weighted by molar-refractivity contribution is 5.18. The molecule has 128 valence electrons. The molecule has 0 bridgehead atoms. The molecule has 1 atom stereocenters. The summed E-state index contributed by atoms with van der Waals surface area (Å²) in [5, 5.41) is 0. The molecule has 1 unspecified atom stereocenters. The van der Waals surface area contributed by atoms with Gasteiger partial charge in [0.2, 0.25) is 0 Å². The first-order chi connectivity index (χ1) is 11.6. The van der Waals surface area contributed by atoms with Crippen molar-refractivity contribution in [2.45, 2.75) is 13.0 Å². The van der Waals surface area contributed by atoms with Gasteiger partial charge < -0.3 is 9.72 Å². The lowest BCUT2D eigenvalue weighted by molar-refractivity contribution is 0.121. The number of benzene rings is 1. The molecule has 3 rings (SSSR count). The lowest BCUT2D eigenvalue weighted by Crippen LogP contribution is -2.31. The van der Waals surface area contributed by atoms with Gasteiger partial charge in [-0.3, -0.25) is 9.69 Å². The van der Waals surface area contributed by atoms with Crippen molar-refractivity contribution < 1.29 is 13.5 Å². The van der Waals surface area contributed by atoms with E-state index < -0.39 is 11.6 Å². The average Bonchev–Trinajstić information content (AvgIpc) is 2.75. The van der Waals surface area contributed by atoms with Crippen LogP contribution in [0.3, 0.4) is 0 Å². The van der Waals surface area contributed by atoms with E-state index in [9.17, 15) is 13.6 Å². The molecule has 7 heteroatoms. The van der Waals surface area contributed by atoms with E-state index in [-0.39, 0.29) is 11.5 Å². The Hall–Kier alpha value is -2.12. The Kier molecular flexibility index (Phi) is 5.32. The first-order valence-electron chi connectivity index (χ1n) is 7.88. The van der Waals surface area contributed by atoms with Gasteiger partial charge in [-0.25, -0.2) is 13.8 Å². The van der Waals surface area contributed by atoms with Crippen LogP contribution in [0.1, 0.15) is 11.3 Å². The number of halogens is 2. The second kappa shape index (κ2) is 7.63. The molecule has 0 radical (unpaired) electrons. The van der Waals surface area contributed by atoms with Crippen molar-refractivity contribution in [1.29, 1.82) is 0 Å². The van der Waals surface area contributed by atoms with Crippen molar-refractivity contribution >= 4 is 0 Å². The minimum atomic E-state index is -0.575. The van der Waals surface area contributed by atoms with Gasteiger partial charge in [-0.05, 0) is 12.5 Å². The van der Waals surface area contributed by atoms with Gasteiger partial charge in [0.15, 0.2) is 0 Å². The Balaban J connectivity index is 1.67. The molecule has 1 N–H and O–H groups in total. The lowest BCUT2D eigenvalue weighted by atomic mass is 10.0. The minimum Gasteiger partial charge on any atom is -0.380 e. The van der Waals surface area contributed by atoms with Crippen LogP contribution in [0.15, 0.2) is 35.4 Å². The molecular weight excluding hydrogens is 316 g/mol. The zero-order valence-electron chi connectivity index (χ0n) is 13.2. The second-order valence-corrected chi connectivity index (χ2v) is 6.02. The van der Waals surface area contributed by atoms with Crippen molar-refractivity contribution in [3.05, 3.63) is 63.8 Å². The fourth-order valence-corrected chi connectivity index (χ4v) is 2.93. The molecule has 5 nitrogen and oxygen atoms in total. The van der Waals surface area contributed by atoms with Gasteiger partial charge in [0.25, 0.3) is 5.56 Å². The largest absolute Gasteiger partial charge is 0.380 e. The number of aromatic nitrogens is 2. The molecule has 2 heterocycles. The van der Waals surface area contributed by atoms with Crippen LogP contribution in [0.4, 0.5) is 8.78 Å². The molecule has 1 aromatic carbocycles. The number of hydrogen-bond acceptors (Lipinski definition) is 4. The van der Waals surface area contributed by atoms with E-state index in [4.69, 9.17) is 4.74 Å². The molecule has 24 heavy (non-hydrogen) atoms. The van der Waals surface area contributed by atoms with Crippen LogP contribution in [0.25, 0.3) is 0 Å². The number of nitrogens with one attached hydrogen (secondary N) is 1. The monoisotopic (exact) mass is 335 g/mol. The molecule has 0 aliphatic carbocycles. The highest BCUT2D eigenvalue weighted by Crippen LogP contribution is 2.17. The summed E-state index contributed by atoms with van der Waals surface area (Å²) >= 11 is 0. The number of aromatic amines is 1. The van der Waals surface area contributed by atoms with Crippen molar-refractivity contribution in [3.63, 3.8) is 0 Å². The number of H-pyrrole nitrogens is 1. The van der Waals surface area contributed by atoms with Gasteiger partial charge in [-0.15, -0.1) is 0 Å². The molecule has 0 saturated carbocycles. The van der Waals surface area contributed by atoms with Crippen molar-refractivity contribution in [1.82, 2.24) is 14.9 Å². The molecule has 1 fully saturated rings. The van der Waals surface area contributed by atoms with Crippen LogP contribution in [0.2, 0.25) is 0 Å². The molecule has 1 aliphatic heterocycles. The maximum Gasteiger partial charge on any atom is 0.250 e. The average molecular weight is 335 g/mol. The van der Waals surface area contributed by atoms with Crippen LogP contribution in [-0.2, 0) is 17.7 Å². The Morgan fingerprint density at radius 1 is 1.33 bits per heavy atom. The van der Waals surface area contributed by atoms with Crippen LogP contribution < -0.4 is 5.56 Å². The smallest absolute Gasteiger partial charge is 0.250 e. The second-order valence-electron chi connectivity index (χ2n) is 6.02. The SMILES string of the molecule is O=c1cc(CC2COCCN(Cc3ccc(F)cc3F)C2)nc[nH]1. The number of hydrogen-bond donors (Lipinski definition) is 1. The van der Waals surface area contributed by atoms with Crippen LogP contribution in [0.5, 0.6) is 0 Å². The fourth-order valence-electron chi connectivity index (χ4n) is 2.93. The third-order valence-corrected chi connectivity index (χ3v) is 4.06. The standard InChI is InChI=1S/C17H19F2N3O2/c18-14-2-1-13(16(19)6-14)9-22-3-4-24-10-12(8-22)5-15-7-17(23)21-11-20-15/h1-2,6-7,11-12H,3-5,8-10H2,(H,20,21,23). The van der Waals surface area contributed by atoms with Crippen molar-refractivity contribution in [2.24, 2.45) is 5.92 Å². The van der Waals surface area contributed by atoms with Gasteiger partial charge in [0.1, 0.15) is 11.6 Å². The van der Waals surface area contributed by atoms with Crippen LogP contribution in [0, 0.1) is 17.6 Å². The predicted octanol–water partition coefficient (Wildman–Crippen LogP) is 1.74. The first kappa shape index (κ1) is 16.7. The third kappa shape index (κ3) is 4.46. The highest BCUT2D eigenvalue weighted by Gasteiger charge is 2.20. The molecule has 1 aliphatic rings. The molecule has 1 aromatic heterocycles. The topological polar surface area (TPSA) is 58.2 Å². The van der Waals surface area contributed by atoms with Gasteiger partial charge in [-0.1, -0.05) is 6.07 Å². The molecular formula is C17H19F2N3O2. The molecule has 2 aromatic rings. The summed E-state index contributed by atoms with van der Waals surface area (Å²) in [7, 11) is 0. The number of rotatable bonds is 4. The van der Waals surface area contributed by atoms with E-state index in [0.29, 0.717) is 50.5 Å². The zero-order valence-corrected chi connectivity index (χ0v) is 13.2. The summed E-state index contributed by atoms with van der Waals surface area (Å²) in [6.45, 7) is 2.90. The van der Waals surface area contributed by atoms with Gasteiger partial charge in [0.05, 0.1) is 19.5 Å². The molecule has 0 spiro atoms. The minimum absolute atomic E-state index is 0.158. The van der Waals surface area contributed by atoms with Crippen LogP contribution in [-0.4, -0.2) is 41.2 Å². The van der Waals surface area contributed by atoms with Gasteiger partial charge >= 0.3 is 0 Å². The van der Waals surface area contributed by atoms with E-state index in [1.807, 2.05) is 0 Å². The van der Waals surface area contributed by atoms with E-state index in [1.165, 1.54) is 24.5 Å². The van der Waals surface area contributed by atoms with Crippen molar-refractivity contribution in [2.75, 3.05) is 26.3 Å². The third-order valence-electron chi connectivity index (χ3n) is 4.06. The Labute approximate surface area is 138 Å². The Morgan fingerprint density at radius 3 is 3.00 bits per heavy atom. The lowest BCUT2D eigenvalue weighted by Gasteiger charge is -2.23. The summed E-state index contributed by atoms with van der Waals surface area (Å²) in [5.74, 6) is -0.952. The quantitative estimate of drug-likeness (QED) is 0.925. The van der Waals surface area contributed by atoms with E-state index >= 15 is 0 Å². The maximum atomic E-state index is 13.8. The van der Waals surface area contributed by atoms with E-state index in [0.717, 1.165) is 6.07 Å². The Bertz CT molecular complexity index is 751. The van der Waals surface area contributed by atoms with E-state index in [2.05, 4.69) is 14.9 Å². The van der Waals surface area contributed by atoms with Gasteiger partial charge in [-0.2, -0.15) is 0 Å².